The summed E-state index contributed by atoms with van der Waals surface area (Å²) < 4.78 is 3.12. The molecule has 0 saturated heterocycles. The molecule has 0 atom stereocenters. The van der Waals surface area contributed by atoms with E-state index in [-0.39, 0.29) is 0 Å². The van der Waals surface area contributed by atoms with Crippen molar-refractivity contribution in [1.29, 1.82) is 0 Å². The normalized spacial score (nSPS) is 9.54. The standard InChI is InChI=1S/C8H7BrN2.C2H6/c1-6-4-10-8-3-2-7(9)5-11(6)8;1-2/h2-5H,1H3;1-2H3. The number of imidazole rings is 1. The number of fused-ring (bicyclic) bond motifs is 1. The lowest BCUT2D eigenvalue weighted by Gasteiger charge is -1.95. The van der Waals surface area contributed by atoms with Crippen LogP contribution >= 0.6 is 15.9 Å². The van der Waals surface area contributed by atoms with Crippen molar-refractivity contribution in [3.05, 3.63) is 34.7 Å². The van der Waals surface area contributed by atoms with E-state index in [4.69, 9.17) is 0 Å². The minimum Gasteiger partial charge on any atom is -0.303 e. The molecule has 0 N–H and O–H groups in total. The topological polar surface area (TPSA) is 17.3 Å². The van der Waals surface area contributed by atoms with E-state index in [1.807, 2.05) is 49.7 Å². The Bertz CT molecular complexity index is 393. The molecule has 0 bridgehead atoms. The van der Waals surface area contributed by atoms with Crippen LogP contribution in [0.25, 0.3) is 5.65 Å². The maximum Gasteiger partial charge on any atom is 0.136 e. The van der Waals surface area contributed by atoms with Gasteiger partial charge in [-0.05, 0) is 35.0 Å². The van der Waals surface area contributed by atoms with Gasteiger partial charge in [0, 0.05) is 22.6 Å². The zero-order chi connectivity index (χ0) is 9.84. The predicted molar refractivity (Wildman–Crippen MR) is 59.0 cm³/mol. The van der Waals surface area contributed by atoms with Gasteiger partial charge in [-0.15, -0.1) is 0 Å². The second-order valence-electron chi connectivity index (χ2n) is 2.48. The summed E-state index contributed by atoms with van der Waals surface area (Å²) in [6, 6.07) is 3.97. The smallest absolute Gasteiger partial charge is 0.136 e. The van der Waals surface area contributed by atoms with Crippen molar-refractivity contribution < 1.29 is 0 Å². The lowest BCUT2D eigenvalue weighted by Crippen LogP contribution is -1.85. The summed E-state index contributed by atoms with van der Waals surface area (Å²) in [4.78, 5) is 4.20. The molecule has 0 radical (unpaired) electrons. The predicted octanol–water partition coefficient (Wildman–Crippen LogP) is 3.43. The van der Waals surface area contributed by atoms with Crippen molar-refractivity contribution in [2.24, 2.45) is 0 Å². The zero-order valence-electron chi connectivity index (χ0n) is 8.08. The molecule has 3 heteroatoms. The molecule has 0 amide bonds. The highest BCUT2D eigenvalue weighted by molar-refractivity contribution is 9.10. The first-order chi connectivity index (χ1) is 6.27. The van der Waals surface area contributed by atoms with E-state index in [1.54, 1.807) is 0 Å². The fourth-order valence-electron chi connectivity index (χ4n) is 1.08. The molecule has 0 aliphatic rings. The summed E-state index contributed by atoms with van der Waals surface area (Å²) in [6.45, 7) is 6.03. The summed E-state index contributed by atoms with van der Waals surface area (Å²) >= 11 is 3.40. The third-order valence-corrected chi connectivity index (χ3v) is 2.12. The van der Waals surface area contributed by atoms with Gasteiger partial charge in [-0.3, -0.25) is 0 Å². The molecule has 0 spiro atoms. The van der Waals surface area contributed by atoms with Gasteiger partial charge in [-0.25, -0.2) is 4.98 Å². The maximum absolute atomic E-state index is 4.20. The third kappa shape index (κ3) is 2.10. The molecule has 0 fully saturated rings. The molecule has 2 nitrogen and oxygen atoms in total. The molecular formula is C10H13BrN2. The maximum atomic E-state index is 4.20. The van der Waals surface area contributed by atoms with Crippen molar-refractivity contribution in [1.82, 2.24) is 9.38 Å². The second kappa shape index (κ2) is 4.42. The van der Waals surface area contributed by atoms with E-state index < -0.39 is 0 Å². The van der Waals surface area contributed by atoms with Gasteiger partial charge in [0.15, 0.2) is 0 Å². The molecule has 2 aromatic heterocycles. The lowest BCUT2D eigenvalue weighted by molar-refractivity contribution is 1.10. The number of hydrogen-bond acceptors (Lipinski definition) is 1. The molecule has 13 heavy (non-hydrogen) atoms. The van der Waals surface area contributed by atoms with Crippen LogP contribution in [-0.2, 0) is 0 Å². The molecule has 0 saturated carbocycles. The summed E-state index contributed by atoms with van der Waals surface area (Å²) in [7, 11) is 0. The van der Waals surface area contributed by atoms with E-state index in [0.29, 0.717) is 0 Å². The van der Waals surface area contributed by atoms with Crippen molar-refractivity contribution in [3.63, 3.8) is 0 Å². The first kappa shape index (κ1) is 10.3. The molecule has 2 aromatic rings. The SMILES string of the molecule is CC.Cc1cnc2ccc(Br)cn12. The molecule has 0 aliphatic carbocycles. The number of aryl methyl sites for hydroxylation is 1. The number of rotatable bonds is 0. The van der Waals surface area contributed by atoms with Gasteiger partial charge < -0.3 is 4.40 Å². The van der Waals surface area contributed by atoms with Crippen molar-refractivity contribution >= 4 is 21.6 Å². The number of aromatic nitrogens is 2. The van der Waals surface area contributed by atoms with E-state index >= 15 is 0 Å². The van der Waals surface area contributed by atoms with E-state index in [0.717, 1.165) is 15.8 Å². The molecule has 0 unspecified atom stereocenters. The van der Waals surface area contributed by atoms with Gasteiger partial charge in [0.05, 0.1) is 0 Å². The molecule has 70 valence electrons. The first-order valence-corrected chi connectivity index (χ1v) is 5.16. The summed E-state index contributed by atoms with van der Waals surface area (Å²) in [6.07, 6.45) is 3.87. The summed E-state index contributed by atoms with van der Waals surface area (Å²) in [5.74, 6) is 0. The van der Waals surface area contributed by atoms with Crippen molar-refractivity contribution in [2.45, 2.75) is 20.8 Å². The van der Waals surface area contributed by atoms with Gasteiger partial charge >= 0.3 is 0 Å². The Labute approximate surface area is 86.7 Å². The fourth-order valence-corrected chi connectivity index (χ4v) is 1.41. The van der Waals surface area contributed by atoms with Crippen LogP contribution in [0.15, 0.2) is 29.0 Å². The van der Waals surface area contributed by atoms with Crippen LogP contribution in [0.1, 0.15) is 19.5 Å². The average Bonchev–Trinajstić information content (AvgIpc) is 2.52. The number of pyridine rings is 1. The highest BCUT2D eigenvalue weighted by Crippen LogP contribution is 2.12. The van der Waals surface area contributed by atoms with Crippen LogP contribution in [0, 0.1) is 6.92 Å². The largest absolute Gasteiger partial charge is 0.303 e. The minimum absolute atomic E-state index is 0.991. The Morgan fingerprint density at radius 3 is 2.69 bits per heavy atom. The Hall–Kier alpha value is -0.830. The number of nitrogens with zero attached hydrogens (tertiary/aromatic N) is 2. The van der Waals surface area contributed by atoms with Crippen molar-refractivity contribution in [3.8, 4) is 0 Å². The van der Waals surface area contributed by atoms with Crippen LogP contribution in [0.5, 0.6) is 0 Å². The van der Waals surface area contributed by atoms with Gasteiger partial charge in [0.2, 0.25) is 0 Å². The molecule has 2 heterocycles. The van der Waals surface area contributed by atoms with Gasteiger partial charge in [-0.2, -0.15) is 0 Å². The van der Waals surface area contributed by atoms with Gasteiger partial charge in [-0.1, -0.05) is 13.8 Å². The van der Waals surface area contributed by atoms with E-state index in [9.17, 15) is 0 Å². The van der Waals surface area contributed by atoms with E-state index in [2.05, 4.69) is 20.9 Å². The van der Waals surface area contributed by atoms with Gasteiger partial charge in [0.1, 0.15) is 5.65 Å². The highest BCUT2D eigenvalue weighted by atomic mass is 79.9. The first-order valence-electron chi connectivity index (χ1n) is 4.36. The van der Waals surface area contributed by atoms with Crippen LogP contribution in [0.4, 0.5) is 0 Å². The molecule has 0 aliphatic heterocycles. The number of halogens is 1. The lowest BCUT2D eigenvalue weighted by atomic mass is 10.4. The molecular weight excluding hydrogens is 228 g/mol. The van der Waals surface area contributed by atoms with E-state index in [1.165, 1.54) is 0 Å². The van der Waals surface area contributed by atoms with Crippen LogP contribution < -0.4 is 0 Å². The minimum atomic E-state index is 0.991. The Kier molecular flexibility index (Phi) is 3.48. The van der Waals surface area contributed by atoms with Gasteiger partial charge in [0.25, 0.3) is 0 Å². The fraction of sp³-hybridized carbons (Fsp3) is 0.300. The molecule has 0 aromatic carbocycles. The highest BCUT2D eigenvalue weighted by Gasteiger charge is 1.96. The number of hydrogen-bond donors (Lipinski definition) is 0. The average molecular weight is 241 g/mol. The Balaban J connectivity index is 0.000000396. The van der Waals surface area contributed by atoms with Crippen LogP contribution in [0.2, 0.25) is 0 Å². The third-order valence-electron chi connectivity index (χ3n) is 1.65. The molecule has 2 rings (SSSR count). The Morgan fingerprint density at radius 2 is 2.00 bits per heavy atom. The van der Waals surface area contributed by atoms with Crippen molar-refractivity contribution in [2.75, 3.05) is 0 Å². The van der Waals surface area contributed by atoms with Crippen LogP contribution in [-0.4, -0.2) is 9.38 Å². The summed E-state index contributed by atoms with van der Waals surface area (Å²) in [5, 5.41) is 0. The van der Waals surface area contributed by atoms with Crippen LogP contribution in [0.3, 0.4) is 0 Å². The second-order valence-corrected chi connectivity index (χ2v) is 3.39. The quantitative estimate of drug-likeness (QED) is 0.690. The zero-order valence-corrected chi connectivity index (χ0v) is 9.67. The monoisotopic (exact) mass is 240 g/mol. The summed E-state index contributed by atoms with van der Waals surface area (Å²) in [5.41, 5.74) is 2.15. The Morgan fingerprint density at radius 1 is 1.31 bits per heavy atom.